The Balaban J connectivity index is 2.19. The van der Waals surface area contributed by atoms with Crippen molar-refractivity contribution in [2.24, 2.45) is 5.92 Å². The number of nitrogens with one attached hydrogen (secondary N) is 1. The van der Waals surface area contributed by atoms with E-state index < -0.39 is 17.4 Å². The molecule has 17 heavy (non-hydrogen) atoms. The number of nitrogens with zero attached hydrogens (tertiary/aromatic N) is 1. The lowest BCUT2D eigenvalue weighted by atomic mass is 10.0. The number of aliphatic hydroxyl groups excluding tert-OH is 2. The van der Waals surface area contributed by atoms with E-state index >= 15 is 0 Å². The maximum absolute atomic E-state index is 11.5. The van der Waals surface area contributed by atoms with Crippen molar-refractivity contribution < 1.29 is 10.2 Å². The Hall–Kier alpha value is -1.66. The van der Waals surface area contributed by atoms with Gasteiger partial charge >= 0.3 is 5.69 Å². The maximum Gasteiger partial charge on any atom is 0.328 e. The van der Waals surface area contributed by atoms with Crippen molar-refractivity contribution in [1.29, 1.82) is 0 Å². The summed E-state index contributed by atoms with van der Waals surface area (Å²) in [4.78, 5) is 24.6. The molecule has 0 saturated carbocycles. The molecule has 1 aromatic rings. The van der Waals surface area contributed by atoms with Gasteiger partial charge in [-0.05, 0) is 6.42 Å². The number of rotatable bonds is 3. The fourth-order valence-electron chi connectivity index (χ4n) is 2.02. The first-order valence-electron chi connectivity index (χ1n) is 5.40. The largest absolute Gasteiger partial charge is 0.394 e. The summed E-state index contributed by atoms with van der Waals surface area (Å²) in [7, 11) is 0. The van der Waals surface area contributed by atoms with Gasteiger partial charge < -0.3 is 10.2 Å². The van der Waals surface area contributed by atoms with E-state index in [1.807, 2.05) is 0 Å². The molecule has 0 saturated heterocycles. The molecule has 0 fully saturated rings. The zero-order valence-electron chi connectivity index (χ0n) is 9.11. The Morgan fingerprint density at radius 3 is 2.88 bits per heavy atom. The van der Waals surface area contributed by atoms with Gasteiger partial charge in [-0.1, -0.05) is 12.2 Å². The number of hydrogen-bond donors (Lipinski definition) is 3. The van der Waals surface area contributed by atoms with Crippen LogP contribution in [0.15, 0.2) is 34.0 Å². The second-order valence-corrected chi connectivity index (χ2v) is 4.12. The van der Waals surface area contributed by atoms with Crippen LogP contribution in [0.25, 0.3) is 0 Å². The van der Waals surface area contributed by atoms with Gasteiger partial charge in [0.15, 0.2) is 0 Å². The van der Waals surface area contributed by atoms with Crippen LogP contribution in [0.2, 0.25) is 0 Å². The van der Waals surface area contributed by atoms with Gasteiger partial charge in [0.1, 0.15) is 0 Å². The second kappa shape index (κ2) is 4.68. The average Bonchev–Trinajstić information content (AvgIpc) is 2.77. The highest BCUT2D eigenvalue weighted by molar-refractivity contribution is 5.07. The number of H-pyrrole nitrogens is 1. The van der Waals surface area contributed by atoms with Crippen molar-refractivity contribution in [2.45, 2.75) is 18.6 Å². The molecule has 0 aromatic carbocycles. The van der Waals surface area contributed by atoms with Gasteiger partial charge in [-0.3, -0.25) is 14.3 Å². The molecule has 0 radical (unpaired) electrons. The summed E-state index contributed by atoms with van der Waals surface area (Å²) in [5.41, 5.74) is -0.897. The summed E-state index contributed by atoms with van der Waals surface area (Å²) in [6.45, 7) is -0.303. The highest BCUT2D eigenvalue weighted by Crippen LogP contribution is 2.28. The molecular weight excluding hydrogens is 224 g/mol. The molecule has 1 unspecified atom stereocenters. The Kier molecular flexibility index (Phi) is 3.26. The summed E-state index contributed by atoms with van der Waals surface area (Å²) < 4.78 is 1.40. The van der Waals surface area contributed by atoms with Crippen molar-refractivity contribution in [1.82, 2.24) is 9.55 Å². The van der Waals surface area contributed by atoms with Gasteiger partial charge in [0, 0.05) is 18.2 Å². The lowest BCUT2D eigenvalue weighted by Gasteiger charge is -2.17. The van der Waals surface area contributed by atoms with Crippen LogP contribution in [0, 0.1) is 5.92 Å². The topological polar surface area (TPSA) is 95.3 Å². The van der Waals surface area contributed by atoms with Crippen LogP contribution in [-0.2, 0) is 0 Å². The minimum atomic E-state index is -0.810. The van der Waals surface area contributed by atoms with Crippen molar-refractivity contribution in [2.75, 3.05) is 6.61 Å². The molecule has 1 heterocycles. The van der Waals surface area contributed by atoms with Gasteiger partial charge in [-0.2, -0.15) is 0 Å². The van der Waals surface area contributed by atoms with E-state index in [0.717, 1.165) is 0 Å². The Labute approximate surface area is 96.9 Å². The van der Waals surface area contributed by atoms with Crippen molar-refractivity contribution in [3.05, 3.63) is 45.3 Å². The third kappa shape index (κ3) is 2.37. The molecule has 0 aliphatic heterocycles. The molecule has 6 heteroatoms. The lowest BCUT2D eigenvalue weighted by molar-refractivity contribution is 0.0603. The van der Waals surface area contributed by atoms with Gasteiger partial charge in [-0.25, -0.2) is 4.79 Å². The van der Waals surface area contributed by atoms with E-state index in [2.05, 4.69) is 4.98 Å². The molecule has 1 aliphatic rings. The zero-order valence-corrected chi connectivity index (χ0v) is 9.11. The van der Waals surface area contributed by atoms with Crippen molar-refractivity contribution in [3.8, 4) is 0 Å². The third-order valence-corrected chi connectivity index (χ3v) is 2.98. The highest BCUT2D eigenvalue weighted by Gasteiger charge is 2.25. The highest BCUT2D eigenvalue weighted by atomic mass is 16.3. The van der Waals surface area contributed by atoms with E-state index in [-0.39, 0.29) is 18.6 Å². The SMILES string of the molecule is O=c1ccn([C@H]2C=C[C@@H](C(O)CO)C2)c(=O)[nH]1. The minimum absolute atomic E-state index is 0.163. The molecule has 0 spiro atoms. The number of aromatic nitrogens is 2. The van der Waals surface area contributed by atoms with Crippen LogP contribution in [0.3, 0.4) is 0 Å². The van der Waals surface area contributed by atoms with Gasteiger partial charge in [-0.15, -0.1) is 0 Å². The zero-order chi connectivity index (χ0) is 12.4. The summed E-state index contributed by atoms with van der Waals surface area (Å²) in [5, 5.41) is 18.3. The fraction of sp³-hybridized carbons (Fsp3) is 0.455. The minimum Gasteiger partial charge on any atom is -0.394 e. The normalized spacial score (nSPS) is 25.1. The number of allylic oxidation sites excluding steroid dienone is 1. The fourth-order valence-corrected chi connectivity index (χ4v) is 2.02. The summed E-state index contributed by atoms with van der Waals surface area (Å²) in [6, 6.07) is 1.09. The van der Waals surface area contributed by atoms with Crippen LogP contribution < -0.4 is 11.2 Å². The molecule has 0 bridgehead atoms. The van der Waals surface area contributed by atoms with Gasteiger partial charge in [0.05, 0.1) is 18.8 Å². The second-order valence-electron chi connectivity index (χ2n) is 4.12. The van der Waals surface area contributed by atoms with Gasteiger partial charge in [0.25, 0.3) is 5.56 Å². The van der Waals surface area contributed by atoms with E-state index in [1.165, 1.54) is 16.8 Å². The molecule has 3 atom stereocenters. The number of aromatic amines is 1. The first kappa shape index (κ1) is 11.8. The summed E-state index contributed by atoms with van der Waals surface area (Å²) >= 11 is 0. The average molecular weight is 238 g/mol. The first-order valence-corrected chi connectivity index (χ1v) is 5.40. The van der Waals surface area contributed by atoms with Crippen LogP contribution in [0.5, 0.6) is 0 Å². The Morgan fingerprint density at radius 1 is 1.47 bits per heavy atom. The van der Waals surface area contributed by atoms with E-state index in [0.29, 0.717) is 6.42 Å². The summed E-state index contributed by atoms with van der Waals surface area (Å²) in [6.07, 6.45) is 4.74. The van der Waals surface area contributed by atoms with Crippen LogP contribution in [0.1, 0.15) is 12.5 Å². The lowest BCUT2D eigenvalue weighted by Crippen LogP contribution is -2.31. The van der Waals surface area contributed by atoms with Crippen molar-refractivity contribution >= 4 is 0 Å². The van der Waals surface area contributed by atoms with Crippen LogP contribution in [0.4, 0.5) is 0 Å². The molecule has 0 amide bonds. The molecule has 1 aromatic heterocycles. The predicted octanol–water partition coefficient (Wildman–Crippen LogP) is -0.993. The van der Waals surface area contributed by atoms with Crippen LogP contribution >= 0.6 is 0 Å². The quantitative estimate of drug-likeness (QED) is 0.589. The maximum atomic E-state index is 11.5. The standard InChI is InChI=1S/C11H14N2O4/c14-6-9(15)7-1-2-8(5-7)13-4-3-10(16)12-11(13)17/h1-4,7-9,14-15H,5-6H2,(H,12,16,17)/t7-,8+,9?/m1/s1. The predicted molar refractivity (Wildman–Crippen MR) is 60.7 cm³/mol. The van der Waals surface area contributed by atoms with E-state index in [1.54, 1.807) is 12.2 Å². The monoisotopic (exact) mass is 238 g/mol. The molecule has 2 rings (SSSR count). The van der Waals surface area contributed by atoms with E-state index in [4.69, 9.17) is 5.11 Å². The van der Waals surface area contributed by atoms with Crippen LogP contribution in [-0.4, -0.2) is 32.5 Å². The Bertz CT molecular complexity index is 531. The number of aliphatic hydroxyl groups is 2. The molecule has 6 nitrogen and oxygen atoms in total. The Morgan fingerprint density at radius 2 is 2.24 bits per heavy atom. The van der Waals surface area contributed by atoms with E-state index in [9.17, 15) is 14.7 Å². The molecule has 3 N–H and O–H groups in total. The smallest absolute Gasteiger partial charge is 0.328 e. The number of hydrogen-bond acceptors (Lipinski definition) is 4. The molecular formula is C11H14N2O4. The third-order valence-electron chi connectivity index (χ3n) is 2.98. The molecule has 1 aliphatic carbocycles. The van der Waals surface area contributed by atoms with Crippen molar-refractivity contribution in [3.63, 3.8) is 0 Å². The van der Waals surface area contributed by atoms with Gasteiger partial charge in [0.2, 0.25) is 0 Å². The first-order chi connectivity index (χ1) is 8.11. The summed E-state index contributed by atoms with van der Waals surface area (Å²) in [5.74, 6) is -0.163. The molecule has 92 valence electrons.